The Morgan fingerprint density at radius 1 is 1.24 bits per heavy atom. The minimum absolute atomic E-state index is 0.125. The number of carbonyl (C=O) groups excluding carboxylic acids is 1. The molecule has 2 amide bonds. The average molecular weight is 234 g/mol. The van der Waals surface area contributed by atoms with E-state index in [9.17, 15) is 4.79 Å². The Labute approximate surface area is 104 Å². The normalized spacial score (nSPS) is 11.9. The lowest BCUT2D eigenvalue weighted by molar-refractivity contribution is 0.248. The summed E-state index contributed by atoms with van der Waals surface area (Å²) in [4.78, 5) is 11.6. The zero-order chi connectivity index (χ0) is 12.5. The molecule has 17 heavy (non-hydrogen) atoms. The van der Waals surface area contributed by atoms with Crippen LogP contribution in [0.5, 0.6) is 0 Å². The number of nitrogens with one attached hydrogen (secondary N) is 2. The van der Waals surface area contributed by atoms with E-state index in [2.05, 4.69) is 17.6 Å². The number of anilines is 1. The van der Waals surface area contributed by atoms with E-state index in [1.807, 2.05) is 37.3 Å². The van der Waals surface area contributed by atoms with Gasteiger partial charge in [-0.25, -0.2) is 4.79 Å². The Hall–Kier alpha value is -1.51. The van der Waals surface area contributed by atoms with Crippen LogP contribution in [0.3, 0.4) is 0 Å². The van der Waals surface area contributed by atoms with Crippen molar-refractivity contribution in [3.05, 3.63) is 30.3 Å². The van der Waals surface area contributed by atoms with E-state index < -0.39 is 0 Å². The molecule has 0 aromatic heterocycles. The minimum Gasteiger partial charge on any atom is -0.335 e. The van der Waals surface area contributed by atoms with Crippen LogP contribution >= 0.6 is 0 Å². The number of benzene rings is 1. The molecule has 3 nitrogen and oxygen atoms in total. The van der Waals surface area contributed by atoms with E-state index in [1.165, 1.54) is 19.3 Å². The van der Waals surface area contributed by atoms with E-state index in [1.54, 1.807) is 0 Å². The molecular formula is C14H22N2O. The summed E-state index contributed by atoms with van der Waals surface area (Å²) in [5, 5.41) is 5.75. The van der Waals surface area contributed by atoms with E-state index in [0.717, 1.165) is 12.1 Å². The van der Waals surface area contributed by atoms with E-state index in [-0.39, 0.29) is 12.1 Å². The molecule has 0 aliphatic rings. The van der Waals surface area contributed by atoms with Gasteiger partial charge in [-0.2, -0.15) is 0 Å². The Morgan fingerprint density at radius 3 is 2.59 bits per heavy atom. The summed E-state index contributed by atoms with van der Waals surface area (Å²) in [6, 6.07) is 9.59. The van der Waals surface area contributed by atoms with Gasteiger partial charge < -0.3 is 10.6 Å². The summed E-state index contributed by atoms with van der Waals surface area (Å²) in [5.74, 6) is 0. The molecule has 0 bridgehead atoms. The van der Waals surface area contributed by atoms with Gasteiger partial charge >= 0.3 is 6.03 Å². The average Bonchev–Trinajstić information content (AvgIpc) is 2.30. The van der Waals surface area contributed by atoms with Crippen molar-refractivity contribution >= 4 is 11.7 Å². The van der Waals surface area contributed by atoms with Crippen LogP contribution in [0.15, 0.2) is 30.3 Å². The van der Waals surface area contributed by atoms with Crippen LogP contribution in [-0.2, 0) is 0 Å². The molecule has 94 valence electrons. The van der Waals surface area contributed by atoms with Gasteiger partial charge in [0.15, 0.2) is 0 Å². The van der Waals surface area contributed by atoms with Gasteiger partial charge in [0.1, 0.15) is 0 Å². The lowest BCUT2D eigenvalue weighted by atomic mass is 10.1. The monoisotopic (exact) mass is 234 g/mol. The summed E-state index contributed by atoms with van der Waals surface area (Å²) in [6.07, 6.45) is 4.65. The molecular weight excluding hydrogens is 212 g/mol. The fourth-order valence-corrected chi connectivity index (χ4v) is 1.69. The maximum Gasteiger partial charge on any atom is 0.319 e. The topological polar surface area (TPSA) is 41.1 Å². The Bertz CT molecular complexity index is 324. The predicted molar refractivity (Wildman–Crippen MR) is 72.2 cm³/mol. The highest BCUT2D eigenvalue weighted by Gasteiger charge is 2.06. The van der Waals surface area contributed by atoms with Gasteiger partial charge in [-0.1, -0.05) is 44.4 Å². The SMILES string of the molecule is CCCCC[C@H](C)NC(=O)Nc1ccccc1. The van der Waals surface area contributed by atoms with Crippen LogP contribution in [0.25, 0.3) is 0 Å². The lowest BCUT2D eigenvalue weighted by Gasteiger charge is -2.14. The second-order valence-corrected chi connectivity index (χ2v) is 4.36. The Morgan fingerprint density at radius 2 is 1.94 bits per heavy atom. The van der Waals surface area contributed by atoms with Gasteiger partial charge in [-0.05, 0) is 25.5 Å². The Kier molecular flexibility index (Phi) is 6.15. The van der Waals surface area contributed by atoms with Crippen molar-refractivity contribution in [1.29, 1.82) is 0 Å². The molecule has 0 fully saturated rings. The van der Waals surface area contributed by atoms with E-state index >= 15 is 0 Å². The zero-order valence-corrected chi connectivity index (χ0v) is 10.7. The zero-order valence-electron chi connectivity index (χ0n) is 10.7. The van der Waals surface area contributed by atoms with Crippen molar-refractivity contribution in [1.82, 2.24) is 5.32 Å². The smallest absolute Gasteiger partial charge is 0.319 e. The highest BCUT2D eigenvalue weighted by molar-refractivity contribution is 5.89. The lowest BCUT2D eigenvalue weighted by Crippen LogP contribution is -2.36. The van der Waals surface area contributed by atoms with Crippen molar-refractivity contribution in [3.8, 4) is 0 Å². The molecule has 0 radical (unpaired) electrons. The van der Waals surface area contributed by atoms with Gasteiger partial charge in [-0.15, -0.1) is 0 Å². The summed E-state index contributed by atoms with van der Waals surface area (Å²) >= 11 is 0. The molecule has 1 rings (SSSR count). The molecule has 0 aliphatic carbocycles. The van der Waals surface area contributed by atoms with Gasteiger partial charge in [0.05, 0.1) is 0 Å². The maximum atomic E-state index is 11.6. The molecule has 0 unspecified atom stereocenters. The van der Waals surface area contributed by atoms with Gasteiger partial charge in [-0.3, -0.25) is 0 Å². The number of carbonyl (C=O) groups is 1. The Balaban J connectivity index is 2.25. The molecule has 1 aromatic carbocycles. The first-order valence-corrected chi connectivity index (χ1v) is 6.35. The van der Waals surface area contributed by atoms with Crippen LogP contribution in [0.1, 0.15) is 39.5 Å². The van der Waals surface area contributed by atoms with E-state index in [4.69, 9.17) is 0 Å². The maximum absolute atomic E-state index is 11.6. The third-order valence-corrected chi connectivity index (χ3v) is 2.65. The molecule has 0 saturated heterocycles. The largest absolute Gasteiger partial charge is 0.335 e. The number of amides is 2. The van der Waals surface area contributed by atoms with Crippen LogP contribution in [-0.4, -0.2) is 12.1 Å². The highest BCUT2D eigenvalue weighted by atomic mass is 16.2. The summed E-state index contributed by atoms with van der Waals surface area (Å²) in [6.45, 7) is 4.22. The minimum atomic E-state index is -0.125. The number of para-hydroxylation sites is 1. The highest BCUT2D eigenvalue weighted by Crippen LogP contribution is 2.06. The standard InChI is InChI=1S/C14H22N2O/c1-3-4-6-9-12(2)15-14(17)16-13-10-7-5-8-11-13/h5,7-8,10-12H,3-4,6,9H2,1-2H3,(H2,15,16,17)/t12-/m0/s1. The van der Waals surface area contributed by atoms with Gasteiger partial charge in [0, 0.05) is 11.7 Å². The van der Waals surface area contributed by atoms with Crippen LogP contribution in [0.2, 0.25) is 0 Å². The molecule has 1 aromatic rings. The molecule has 1 atom stereocenters. The van der Waals surface area contributed by atoms with Gasteiger partial charge in [0.25, 0.3) is 0 Å². The number of unbranched alkanes of at least 4 members (excludes halogenated alkanes) is 2. The van der Waals surface area contributed by atoms with Gasteiger partial charge in [0.2, 0.25) is 0 Å². The summed E-state index contributed by atoms with van der Waals surface area (Å²) < 4.78 is 0. The number of hydrogen-bond donors (Lipinski definition) is 2. The fourth-order valence-electron chi connectivity index (χ4n) is 1.69. The summed E-state index contributed by atoms with van der Waals surface area (Å²) in [5.41, 5.74) is 0.825. The van der Waals surface area contributed by atoms with E-state index in [0.29, 0.717) is 0 Å². The molecule has 0 aliphatic heterocycles. The van der Waals surface area contributed by atoms with Crippen molar-refractivity contribution < 1.29 is 4.79 Å². The quantitative estimate of drug-likeness (QED) is 0.723. The van der Waals surface area contributed by atoms with Crippen molar-refractivity contribution in [2.75, 3.05) is 5.32 Å². The molecule has 0 spiro atoms. The molecule has 0 saturated carbocycles. The van der Waals surface area contributed by atoms with Crippen LogP contribution in [0, 0.1) is 0 Å². The summed E-state index contributed by atoms with van der Waals surface area (Å²) in [7, 11) is 0. The van der Waals surface area contributed by atoms with Crippen molar-refractivity contribution in [2.45, 2.75) is 45.6 Å². The molecule has 2 N–H and O–H groups in total. The number of rotatable bonds is 6. The third kappa shape index (κ3) is 5.95. The predicted octanol–water partition coefficient (Wildman–Crippen LogP) is 3.78. The number of hydrogen-bond acceptors (Lipinski definition) is 1. The first kappa shape index (κ1) is 13.6. The van der Waals surface area contributed by atoms with Crippen molar-refractivity contribution in [2.24, 2.45) is 0 Å². The first-order chi connectivity index (χ1) is 8.22. The van der Waals surface area contributed by atoms with Crippen molar-refractivity contribution in [3.63, 3.8) is 0 Å². The fraction of sp³-hybridized carbons (Fsp3) is 0.500. The van der Waals surface area contributed by atoms with Crippen LogP contribution < -0.4 is 10.6 Å². The van der Waals surface area contributed by atoms with Crippen LogP contribution in [0.4, 0.5) is 10.5 Å². The third-order valence-electron chi connectivity index (χ3n) is 2.65. The second-order valence-electron chi connectivity index (χ2n) is 4.36. The first-order valence-electron chi connectivity index (χ1n) is 6.35. The molecule has 3 heteroatoms. The molecule has 0 heterocycles. The number of urea groups is 1. The second kappa shape index (κ2) is 7.71.